The van der Waals surface area contributed by atoms with Crippen molar-refractivity contribution >= 4 is 10.0 Å². The molecule has 0 spiro atoms. The number of rotatable bonds is 6. The maximum atomic E-state index is 14.1. The van der Waals surface area contributed by atoms with Crippen molar-refractivity contribution in [2.24, 2.45) is 5.92 Å². The maximum Gasteiger partial charge on any atom is 0.214 e. The molecule has 0 bridgehead atoms. The third-order valence-corrected chi connectivity index (χ3v) is 6.54. The summed E-state index contributed by atoms with van der Waals surface area (Å²) in [6, 6.07) is 4.44. The van der Waals surface area contributed by atoms with Crippen LogP contribution in [-0.2, 0) is 14.8 Å². The fourth-order valence-corrected chi connectivity index (χ4v) is 4.24. The minimum atomic E-state index is -3.36. The van der Waals surface area contributed by atoms with Crippen LogP contribution in [0.5, 0.6) is 5.75 Å². The van der Waals surface area contributed by atoms with Crippen molar-refractivity contribution in [2.45, 2.75) is 6.04 Å². The first-order valence-corrected chi connectivity index (χ1v) is 9.79. The van der Waals surface area contributed by atoms with Gasteiger partial charge in [0.25, 0.3) is 0 Å². The van der Waals surface area contributed by atoms with Crippen LogP contribution in [0.3, 0.4) is 0 Å². The highest BCUT2D eigenvalue weighted by molar-refractivity contribution is 7.89. The highest BCUT2D eigenvalue weighted by Gasteiger charge is 2.35. The molecule has 2 atom stereocenters. The van der Waals surface area contributed by atoms with E-state index in [-0.39, 0.29) is 23.5 Å². The average molecular weight is 383 g/mol. The second-order valence-electron chi connectivity index (χ2n) is 6.43. The zero-order valence-electron chi connectivity index (χ0n) is 14.9. The van der Waals surface area contributed by atoms with Crippen molar-refractivity contribution < 1.29 is 22.3 Å². The number of benzene rings is 1. The number of nitrogens with zero attached hydrogens (tertiary/aromatic N) is 3. The van der Waals surface area contributed by atoms with E-state index in [0.29, 0.717) is 24.6 Å². The van der Waals surface area contributed by atoms with E-state index in [1.807, 2.05) is 4.57 Å². The molecular formula is C17H22FN3O4S. The van der Waals surface area contributed by atoms with Crippen LogP contribution in [0.15, 0.2) is 30.6 Å². The molecule has 7 nitrogen and oxygen atoms in total. The summed E-state index contributed by atoms with van der Waals surface area (Å²) in [5, 5.41) is 0. The molecule has 0 amide bonds. The molecule has 0 radical (unpaired) electrons. The summed E-state index contributed by atoms with van der Waals surface area (Å²) in [4.78, 5) is 4.33. The average Bonchev–Trinajstić information content (AvgIpc) is 3.22. The lowest BCUT2D eigenvalue weighted by atomic mass is 10.1. The molecule has 1 fully saturated rings. The third kappa shape index (κ3) is 3.60. The van der Waals surface area contributed by atoms with Gasteiger partial charge in [-0.2, -0.15) is 0 Å². The van der Waals surface area contributed by atoms with Crippen LogP contribution in [0, 0.1) is 11.7 Å². The Morgan fingerprint density at radius 1 is 1.38 bits per heavy atom. The number of halogens is 1. The Balaban J connectivity index is 1.91. The van der Waals surface area contributed by atoms with Gasteiger partial charge < -0.3 is 14.0 Å². The largest absolute Gasteiger partial charge is 0.494 e. The number of imidazole rings is 1. The third-order valence-electron chi connectivity index (χ3n) is 4.58. The zero-order valence-corrected chi connectivity index (χ0v) is 15.7. The summed E-state index contributed by atoms with van der Waals surface area (Å²) in [7, 11) is 1.09. The Hall–Kier alpha value is -1.97. The topological polar surface area (TPSA) is 73.7 Å². The van der Waals surface area contributed by atoms with Crippen LogP contribution in [0.25, 0.3) is 11.4 Å². The Morgan fingerprint density at radius 2 is 2.15 bits per heavy atom. The summed E-state index contributed by atoms with van der Waals surface area (Å²) < 4.78 is 52.2. The van der Waals surface area contributed by atoms with Crippen molar-refractivity contribution in [3.8, 4) is 17.1 Å². The molecule has 1 aliphatic rings. The Bertz CT molecular complexity index is 882. The predicted molar refractivity (Wildman–Crippen MR) is 95.0 cm³/mol. The lowest BCUT2D eigenvalue weighted by Gasteiger charge is -2.22. The Morgan fingerprint density at radius 3 is 2.81 bits per heavy atom. The summed E-state index contributed by atoms with van der Waals surface area (Å²) in [6.45, 7) is 0.738. The van der Waals surface area contributed by atoms with E-state index in [2.05, 4.69) is 4.98 Å². The van der Waals surface area contributed by atoms with E-state index in [4.69, 9.17) is 9.47 Å². The second kappa shape index (κ2) is 7.34. The van der Waals surface area contributed by atoms with Gasteiger partial charge >= 0.3 is 0 Å². The van der Waals surface area contributed by atoms with E-state index in [1.165, 1.54) is 31.6 Å². The van der Waals surface area contributed by atoms with Crippen molar-refractivity contribution in [3.63, 3.8) is 0 Å². The molecule has 0 N–H and O–H groups in total. The number of hydrogen-bond acceptors (Lipinski definition) is 5. The quantitative estimate of drug-likeness (QED) is 0.760. The minimum absolute atomic E-state index is 0.0146. The molecule has 0 saturated carbocycles. The Kier molecular flexibility index (Phi) is 5.31. The summed E-state index contributed by atoms with van der Waals surface area (Å²) in [6.07, 6.45) is 3.39. The monoisotopic (exact) mass is 383 g/mol. The van der Waals surface area contributed by atoms with Crippen molar-refractivity contribution in [2.75, 3.05) is 40.2 Å². The molecular weight excluding hydrogens is 361 g/mol. The highest BCUT2D eigenvalue weighted by atomic mass is 32.2. The smallest absolute Gasteiger partial charge is 0.214 e. The molecule has 2 aromatic rings. The lowest BCUT2D eigenvalue weighted by molar-refractivity contribution is 0.182. The fraction of sp³-hybridized carbons (Fsp3) is 0.471. The summed E-state index contributed by atoms with van der Waals surface area (Å²) in [5.74, 6) is 0.0203. The van der Waals surface area contributed by atoms with Gasteiger partial charge in [0, 0.05) is 38.0 Å². The van der Waals surface area contributed by atoms with Crippen molar-refractivity contribution in [1.29, 1.82) is 0 Å². The predicted octanol–water partition coefficient (Wildman–Crippen LogP) is 1.78. The van der Waals surface area contributed by atoms with E-state index >= 15 is 0 Å². The van der Waals surface area contributed by atoms with Gasteiger partial charge in [-0.15, -0.1) is 0 Å². The summed E-state index contributed by atoms with van der Waals surface area (Å²) >= 11 is 0. The van der Waals surface area contributed by atoms with Crippen LogP contribution in [-0.4, -0.2) is 62.4 Å². The number of hydrogen-bond donors (Lipinski definition) is 0. The van der Waals surface area contributed by atoms with Crippen LogP contribution < -0.4 is 4.74 Å². The molecule has 1 aliphatic heterocycles. The van der Waals surface area contributed by atoms with Gasteiger partial charge in [-0.3, -0.25) is 0 Å². The molecule has 26 heavy (non-hydrogen) atoms. The number of ether oxygens (including phenoxy) is 2. The first-order chi connectivity index (χ1) is 12.3. The first kappa shape index (κ1) is 18.8. The fourth-order valence-electron chi connectivity index (χ4n) is 3.08. The van der Waals surface area contributed by atoms with Crippen LogP contribution in [0.1, 0.15) is 6.04 Å². The summed E-state index contributed by atoms with van der Waals surface area (Å²) in [5.41, 5.74) is 0.592. The molecule has 142 valence electrons. The van der Waals surface area contributed by atoms with Crippen LogP contribution >= 0.6 is 0 Å². The SMILES string of the molecule is COc1ccc(-c2nccn2[C@@H]2COC[C@@H]2CS(=O)(=O)N(C)C)cc1F. The standard InChI is InChI=1S/C17H22FN3O4S/c1-20(2)26(22,23)11-13-9-25-10-15(13)21-7-6-19-17(21)12-4-5-16(24-3)14(18)8-12/h4-8,13,15H,9-11H2,1-3H3/t13-,15-/m1/s1. The first-order valence-electron chi connectivity index (χ1n) is 8.18. The van der Waals surface area contributed by atoms with Gasteiger partial charge in [0.1, 0.15) is 5.82 Å². The van der Waals surface area contributed by atoms with Gasteiger partial charge in [-0.05, 0) is 18.2 Å². The van der Waals surface area contributed by atoms with Crippen molar-refractivity contribution in [3.05, 3.63) is 36.4 Å². The van der Waals surface area contributed by atoms with E-state index < -0.39 is 15.8 Å². The maximum absolute atomic E-state index is 14.1. The highest BCUT2D eigenvalue weighted by Crippen LogP contribution is 2.32. The van der Waals surface area contributed by atoms with E-state index in [0.717, 1.165) is 0 Å². The van der Waals surface area contributed by atoms with E-state index in [1.54, 1.807) is 24.5 Å². The van der Waals surface area contributed by atoms with Crippen molar-refractivity contribution in [1.82, 2.24) is 13.9 Å². The molecule has 3 rings (SSSR count). The second-order valence-corrected chi connectivity index (χ2v) is 8.66. The van der Waals surface area contributed by atoms with Crippen LogP contribution in [0.2, 0.25) is 0 Å². The van der Waals surface area contributed by atoms with Gasteiger partial charge in [-0.1, -0.05) is 0 Å². The van der Waals surface area contributed by atoms with Crippen LogP contribution in [0.4, 0.5) is 4.39 Å². The number of sulfonamides is 1. The van der Waals surface area contributed by atoms with Gasteiger partial charge in [0.2, 0.25) is 10.0 Å². The number of aromatic nitrogens is 2. The molecule has 1 aromatic carbocycles. The minimum Gasteiger partial charge on any atom is -0.494 e. The normalized spacial score (nSPS) is 20.7. The number of methoxy groups -OCH3 is 1. The lowest BCUT2D eigenvalue weighted by Crippen LogP contribution is -2.32. The molecule has 0 unspecified atom stereocenters. The van der Waals surface area contributed by atoms with Gasteiger partial charge in [0.15, 0.2) is 11.6 Å². The zero-order chi connectivity index (χ0) is 18.9. The molecule has 9 heteroatoms. The molecule has 0 aliphatic carbocycles. The van der Waals surface area contributed by atoms with Gasteiger partial charge in [0.05, 0.1) is 32.1 Å². The van der Waals surface area contributed by atoms with E-state index in [9.17, 15) is 12.8 Å². The molecule has 2 heterocycles. The molecule has 1 saturated heterocycles. The molecule has 1 aromatic heterocycles. The Labute approximate surface area is 152 Å². The van der Waals surface area contributed by atoms with Gasteiger partial charge in [-0.25, -0.2) is 22.1 Å².